The molecule has 9 heteroatoms. The molecular formula is C17H26N2O5S2. The van der Waals surface area contributed by atoms with Crippen molar-refractivity contribution in [2.45, 2.75) is 63.5 Å². The molecule has 0 saturated heterocycles. The minimum Gasteiger partial charge on any atom is -0.492 e. The van der Waals surface area contributed by atoms with Crippen LogP contribution >= 0.6 is 0 Å². The molecule has 0 spiro atoms. The number of unbranched alkanes of at least 4 members (excludes halogenated alkanes) is 2. The van der Waals surface area contributed by atoms with Gasteiger partial charge < -0.3 is 10.3 Å². The van der Waals surface area contributed by atoms with Gasteiger partial charge in [0.15, 0.2) is 0 Å². The molecular weight excluding hydrogens is 376 g/mol. The van der Waals surface area contributed by atoms with E-state index in [0.717, 1.165) is 19.3 Å². The van der Waals surface area contributed by atoms with Crippen molar-refractivity contribution in [1.29, 1.82) is 0 Å². The number of ether oxygens (including phenoxy) is 1. The molecule has 1 rings (SSSR count). The van der Waals surface area contributed by atoms with Crippen LogP contribution in [0.15, 0.2) is 23.1 Å². The van der Waals surface area contributed by atoms with Crippen LogP contribution in [0.4, 0.5) is 0 Å². The summed E-state index contributed by atoms with van der Waals surface area (Å²) >= 11 is 0. The van der Waals surface area contributed by atoms with Crippen LogP contribution in [0.3, 0.4) is 0 Å². The SMILES string of the molecule is CCCCCOc1ccc(C)cc1S(=O)(=O)C(=[N+]=[N-])S(=O)(=O)C(C)(C)C. The summed E-state index contributed by atoms with van der Waals surface area (Å²) in [5.74, 6) is 0.0389. The molecule has 26 heavy (non-hydrogen) atoms. The number of rotatable bonds is 6. The number of hydrogen-bond donors (Lipinski definition) is 0. The fraction of sp³-hybridized carbons (Fsp3) is 0.588. The second-order valence-electron chi connectivity index (χ2n) is 6.99. The standard InChI is InChI=1S/C17H26N2O5S2/c1-6-7-8-11-24-14-10-9-13(2)12-15(14)25(20,21)16(19-18)26(22,23)17(3,4)5/h9-10,12H,6-8,11H2,1-5H3. The Morgan fingerprint density at radius 2 is 1.77 bits per heavy atom. The summed E-state index contributed by atoms with van der Waals surface area (Å²) in [4.78, 5) is 2.32. The van der Waals surface area contributed by atoms with E-state index in [2.05, 4.69) is 4.79 Å². The van der Waals surface area contributed by atoms with Gasteiger partial charge in [-0.1, -0.05) is 25.8 Å². The van der Waals surface area contributed by atoms with E-state index in [0.29, 0.717) is 12.2 Å². The van der Waals surface area contributed by atoms with E-state index < -0.39 is 28.8 Å². The van der Waals surface area contributed by atoms with E-state index in [9.17, 15) is 22.4 Å². The van der Waals surface area contributed by atoms with Crippen molar-refractivity contribution in [1.82, 2.24) is 0 Å². The first kappa shape index (κ1) is 22.3. The van der Waals surface area contributed by atoms with Crippen LogP contribution in [-0.4, -0.2) is 37.4 Å². The van der Waals surface area contributed by atoms with Crippen molar-refractivity contribution in [3.05, 3.63) is 29.3 Å². The maximum Gasteiger partial charge on any atom is 0.500 e. The number of hydrogen-bond acceptors (Lipinski definition) is 5. The van der Waals surface area contributed by atoms with Gasteiger partial charge in [-0.2, -0.15) is 0 Å². The summed E-state index contributed by atoms with van der Waals surface area (Å²) in [5, 5.41) is 0. The van der Waals surface area contributed by atoms with Crippen molar-refractivity contribution in [2.75, 3.05) is 6.61 Å². The summed E-state index contributed by atoms with van der Waals surface area (Å²) in [5.41, 5.74) is 9.82. The minimum absolute atomic E-state index is 0.0389. The minimum atomic E-state index is -4.60. The van der Waals surface area contributed by atoms with E-state index in [4.69, 9.17) is 4.74 Å². The van der Waals surface area contributed by atoms with Crippen LogP contribution in [0.25, 0.3) is 5.53 Å². The summed E-state index contributed by atoms with van der Waals surface area (Å²) in [6.45, 7) is 8.01. The Labute approximate surface area is 155 Å². The molecule has 0 aliphatic carbocycles. The molecule has 0 aliphatic rings. The molecule has 1 aromatic carbocycles. The van der Waals surface area contributed by atoms with Crippen molar-refractivity contribution in [3.63, 3.8) is 0 Å². The van der Waals surface area contributed by atoms with Crippen LogP contribution in [0, 0.1) is 6.92 Å². The van der Waals surface area contributed by atoms with Crippen LogP contribution in [-0.2, 0) is 19.7 Å². The molecule has 0 fully saturated rings. The molecule has 0 radical (unpaired) electrons. The average molecular weight is 403 g/mol. The Morgan fingerprint density at radius 1 is 1.15 bits per heavy atom. The lowest BCUT2D eigenvalue weighted by atomic mass is 10.2. The van der Waals surface area contributed by atoms with Crippen LogP contribution < -0.4 is 4.74 Å². The number of sulfone groups is 2. The first-order valence-electron chi connectivity index (χ1n) is 8.34. The fourth-order valence-electron chi connectivity index (χ4n) is 2.09. The summed E-state index contributed by atoms with van der Waals surface area (Å²) in [6, 6.07) is 4.46. The molecule has 0 N–H and O–H groups in total. The van der Waals surface area contributed by atoms with Crippen molar-refractivity contribution < 1.29 is 26.4 Å². The van der Waals surface area contributed by atoms with Crippen LogP contribution in [0.2, 0.25) is 0 Å². The normalized spacial score (nSPS) is 12.5. The second kappa shape index (κ2) is 8.33. The Morgan fingerprint density at radius 3 is 2.27 bits per heavy atom. The first-order valence-corrected chi connectivity index (χ1v) is 11.3. The lowest BCUT2D eigenvalue weighted by Gasteiger charge is -2.16. The Balaban J connectivity index is 3.48. The van der Waals surface area contributed by atoms with Crippen molar-refractivity contribution in [2.24, 2.45) is 0 Å². The Hall–Kier alpha value is -1.70. The molecule has 0 saturated carbocycles. The van der Waals surface area contributed by atoms with E-state index in [1.165, 1.54) is 32.9 Å². The average Bonchev–Trinajstić information content (AvgIpc) is 2.51. The molecule has 0 amide bonds. The van der Waals surface area contributed by atoms with E-state index in [-0.39, 0.29) is 10.6 Å². The van der Waals surface area contributed by atoms with Gasteiger partial charge in [0.1, 0.15) is 10.6 Å². The number of nitrogens with zero attached hydrogens (tertiary/aromatic N) is 2. The molecule has 1 aromatic rings. The van der Waals surface area contributed by atoms with Gasteiger partial charge in [0, 0.05) is 0 Å². The third kappa shape index (κ3) is 4.72. The van der Waals surface area contributed by atoms with E-state index >= 15 is 0 Å². The van der Waals surface area contributed by atoms with Gasteiger partial charge in [-0.3, -0.25) is 0 Å². The zero-order chi connectivity index (χ0) is 20.2. The first-order chi connectivity index (χ1) is 11.9. The summed E-state index contributed by atoms with van der Waals surface area (Å²) in [6.07, 6.45) is 2.65. The van der Waals surface area contributed by atoms with Gasteiger partial charge >= 0.3 is 4.38 Å². The van der Waals surface area contributed by atoms with Crippen molar-refractivity contribution >= 4 is 24.1 Å². The predicted octanol–water partition coefficient (Wildman–Crippen LogP) is 3.14. The van der Waals surface area contributed by atoms with Gasteiger partial charge in [0.2, 0.25) is 0 Å². The number of benzene rings is 1. The second-order valence-corrected chi connectivity index (χ2v) is 11.7. The molecule has 0 aliphatic heterocycles. The van der Waals surface area contributed by atoms with Gasteiger partial charge in [0.05, 0.1) is 11.4 Å². The van der Waals surface area contributed by atoms with Gasteiger partial charge in [-0.15, -0.1) is 4.79 Å². The quantitative estimate of drug-likeness (QED) is 0.238. The smallest absolute Gasteiger partial charge is 0.492 e. The topological polar surface area (TPSA) is 114 Å². The van der Waals surface area contributed by atoms with E-state index in [1.807, 2.05) is 6.92 Å². The highest BCUT2D eigenvalue weighted by Gasteiger charge is 2.50. The summed E-state index contributed by atoms with van der Waals surface area (Å²) < 4.78 is 53.9. The molecule has 146 valence electrons. The molecule has 0 bridgehead atoms. The molecule has 0 aromatic heterocycles. The largest absolute Gasteiger partial charge is 0.500 e. The van der Waals surface area contributed by atoms with E-state index in [1.54, 1.807) is 13.0 Å². The molecule has 0 unspecified atom stereocenters. The van der Waals surface area contributed by atoms with Crippen LogP contribution in [0.1, 0.15) is 52.5 Å². The highest BCUT2D eigenvalue weighted by atomic mass is 32.3. The molecule has 0 atom stereocenters. The molecule has 7 nitrogen and oxygen atoms in total. The summed E-state index contributed by atoms with van der Waals surface area (Å²) in [7, 11) is -9.00. The Kier molecular flexibility index (Phi) is 7.16. The third-order valence-corrected chi connectivity index (χ3v) is 8.65. The predicted molar refractivity (Wildman–Crippen MR) is 101 cm³/mol. The highest BCUT2D eigenvalue weighted by molar-refractivity contribution is 8.31. The zero-order valence-electron chi connectivity index (χ0n) is 15.8. The maximum atomic E-state index is 13.0. The highest BCUT2D eigenvalue weighted by Crippen LogP contribution is 2.30. The number of aryl methyl sites for hydroxylation is 1. The Bertz CT molecular complexity index is 907. The van der Waals surface area contributed by atoms with Crippen LogP contribution in [0.5, 0.6) is 5.75 Å². The lowest BCUT2D eigenvalue weighted by molar-refractivity contribution is 0.00365. The zero-order valence-corrected chi connectivity index (χ0v) is 17.4. The third-order valence-electron chi connectivity index (χ3n) is 3.74. The maximum absolute atomic E-state index is 13.0. The molecule has 0 heterocycles. The van der Waals surface area contributed by atoms with Gasteiger partial charge in [-0.05, 0) is 51.8 Å². The fourth-order valence-corrected chi connectivity index (χ4v) is 5.92. The monoisotopic (exact) mass is 402 g/mol. The lowest BCUT2D eigenvalue weighted by Crippen LogP contribution is -2.39. The van der Waals surface area contributed by atoms with Crippen molar-refractivity contribution in [3.8, 4) is 5.75 Å². The van der Waals surface area contributed by atoms with Gasteiger partial charge in [0.25, 0.3) is 19.7 Å². The van der Waals surface area contributed by atoms with Gasteiger partial charge in [-0.25, -0.2) is 16.8 Å².